The van der Waals surface area contributed by atoms with E-state index in [0.29, 0.717) is 33.0 Å². The predicted octanol–water partition coefficient (Wildman–Crippen LogP) is 0.812. The van der Waals surface area contributed by atoms with E-state index in [1.165, 1.54) is 56.4 Å². The zero-order valence-corrected chi connectivity index (χ0v) is 64.2. The number of methoxy groups -OCH3 is 2. The third kappa shape index (κ3) is 27.7. The number of nitrogens with zero attached hydrogens (tertiary/aromatic N) is 5. The molecular weight excluding hydrogens is 1640 g/mol. The van der Waals surface area contributed by atoms with Crippen LogP contribution < -0.4 is 5.32 Å². The van der Waals surface area contributed by atoms with E-state index in [4.69, 9.17) is 51.5 Å². The first-order valence-corrected chi connectivity index (χ1v) is 47.4. The molecule has 0 aromatic heterocycles. The fourth-order valence-electron chi connectivity index (χ4n) is 8.79. The van der Waals surface area contributed by atoms with Gasteiger partial charge in [0.1, 0.15) is 0 Å². The summed E-state index contributed by atoms with van der Waals surface area (Å²) in [6.07, 6.45) is 0.379. The molecular formula is C39H89B6N6O12P9W3. The number of hydrogen-bond donors (Lipinski definition) is 2. The Bertz CT molecular complexity index is 1730. The average Bonchev–Trinajstić information content (AvgIpc) is 3.41. The number of rotatable bonds is 23. The molecule has 6 radical (unpaired) electrons. The topological polar surface area (TPSA) is 150 Å². The summed E-state index contributed by atoms with van der Waals surface area (Å²) in [7, 11) is 23.6. The van der Waals surface area contributed by atoms with Gasteiger partial charge in [0.25, 0.3) is 0 Å². The first-order chi connectivity index (χ1) is 35.7. The first-order valence-electron chi connectivity index (χ1n) is 25.6. The van der Waals surface area contributed by atoms with Crippen LogP contribution in [0.3, 0.4) is 0 Å². The van der Waals surface area contributed by atoms with Gasteiger partial charge in [0, 0.05) is 0 Å². The quantitative estimate of drug-likeness (QED) is 0.110. The zero-order valence-electron chi connectivity index (χ0n) is 45.8. The van der Waals surface area contributed by atoms with Gasteiger partial charge in [-0.25, -0.2) is 0 Å². The number of likely N-dealkylation sites (N-methyl/N-ethyl adjacent to an activating group) is 2. The van der Waals surface area contributed by atoms with Gasteiger partial charge in [0.05, 0.1) is 0 Å². The van der Waals surface area contributed by atoms with Crippen molar-refractivity contribution in [2.75, 3.05) is 166 Å². The van der Waals surface area contributed by atoms with E-state index in [9.17, 15) is 5.11 Å². The normalized spacial score (nSPS) is 33.9. The fraction of sp³-hybridized carbons (Fsp3) is 1.00. The molecule has 75 heavy (non-hydrogen) atoms. The van der Waals surface area contributed by atoms with Gasteiger partial charge in [0.2, 0.25) is 0 Å². The van der Waals surface area contributed by atoms with Crippen molar-refractivity contribution in [1.29, 1.82) is 0 Å². The Hall–Kier alpha value is 5.60. The van der Waals surface area contributed by atoms with Crippen LogP contribution in [0.25, 0.3) is 0 Å². The van der Waals surface area contributed by atoms with E-state index in [1.54, 1.807) is 14.2 Å². The molecule has 6 saturated heterocycles. The molecule has 0 amide bonds. The van der Waals surface area contributed by atoms with E-state index in [1.807, 2.05) is 55.8 Å². The van der Waals surface area contributed by atoms with Crippen molar-refractivity contribution >= 4 is 113 Å². The molecule has 0 aromatic rings. The number of hydrogen-bond acceptors (Lipinski definition) is 18. The minimum absolute atomic E-state index is 0.0244. The predicted molar refractivity (Wildman–Crippen MR) is 326 cm³/mol. The number of morpholine rings is 6. The molecule has 428 valence electrons. The number of nitrogens with one attached hydrogen (secondary N) is 1. The molecule has 6 heterocycles. The minimum atomic E-state index is -1.65. The maximum absolute atomic E-state index is 9.48. The van der Waals surface area contributed by atoms with Crippen molar-refractivity contribution in [2.24, 2.45) is 0 Å². The second-order valence-electron chi connectivity index (χ2n) is 19.0. The third-order valence-electron chi connectivity index (χ3n) is 12.6. The van der Waals surface area contributed by atoms with E-state index >= 15 is 0 Å². The number of aliphatic hydroxyl groups excluding tert-OH is 1. The van der Waals surface area contributed by atoms with E-state index in [0.717, 1.165) is 78.5 Å². The van der Waals surface area contributed by atoms with Crippen LogP contribution in [-0.2, 0) is 108 Å². The van der Waals surface area contributed by atoms with Crippen molar-refractivity contribution in [3.63, 3.8) is 0 Å². The summed E-state index contributed by atoms with van der Waals surface area (Å²) in [6.45, 7) is 36.5. The van der Waals surface area contributed by atoms with Crippen LogP contribution >= 0.6 is 70.5 Å². The Morgan fingerprint density at radius 2 is 0.747 bits per heavy atom. The zero-order chi connectivity index (χ0) is 55.8. The van der Waals surface area contributed by atoms with Gasteiger partial charge in [-0.15, -0.1) is 0 Å². The fourth-order valence-corrected chi connectivity index (χ4v) is 21.0. The van der Waals surface area contributed by atoms with Crippen molar-refractivity contribution in [3.05, 3.63) is 0 Å². The molecule has 2 N–H and O–H groups in total. The number of ether oxygens (including phenoxy) is 8. The van der Waals surface area contributed by atoms with Crippen LogP contribution in [0.2, 0.25) is 0 Å². The Morgan fingerprint density at radius 1 is 0.453 bits per heavy atom. The second kappa shape index (κ2) is 40.2. The van der Waals surface area contributed by atoms with Crippen LogP contribution in [0, 0.1) is 0 Å². The molecule has 18 nitrogen and oxygen atoms in total. The van der Waals surface area contributed by atoms with Crippen molar-refractivity contribution in [1.82, 2.24) is 29.1 Å². The summed E-state index contributed by atoms with van der Waals surface area (Å²) < 4.78 is 73.2. The Labute approximate surface area is 503 Å². The summed E-state index contributed by atoms with van der Waals surface area (Å²) >= 11 is 4.45. The number of aliphatic hydroxyl groups is 1. The monoisotopic (exact) mass is 1730 g/mol. The average molecular weight is 1730 g/mol. The van der Waals surface area contributed by atoms with Crippen LogP contribution in [0.5, 0.6) is 0 Å². The summed E-state index contributed by atoms with van der Waals surface area (Å²) in [5, 5.41) is 8.03. The van der Waals surface area contributed by atoms with Gasteiger partial charge in [-0.05, 0) is 0 Å². The van der Waals surface area contributed by atoms with Crippen LogP contribution in [0.4, 0.5) is 0 Å². The molecule has 6 aliphatic rings. The van der Waals surface area contributed by atoms with Crippen LogP contribution in [0.1, 0.15) is 13.8 Å². The molecule has 0 bridgehead atoms. The van der Waals surface area contributed by atoms with Gasteiger partial charge in [-0.1, -0.05) is 13.8 Å². The molecule has 6 fully saturated rings. The molecule has 21 unspecified atom stereocenters. The second-order valence-corrected chi connectivity index (χ2v) is 50.5. The van der Waals surface area contributed by atoms with Gasteiger partial charge in [-0.3, -0.25) is 0 Å². The first kappa shape index (κ1) is 74.9. The van der Waals surface area contributed by atoms with Crippen LogP contribution in [-0.4, -0.2) is 310 Å². The summed E-state index contributed by atoms with van der Waals surface area (Å²) in [5.41, 5.74) is 0. The summed E-state index contributed by atoms with van der Waals surface area (Å²) in [5.74, 6) is 0. The molecule has 0 aliphatic carbocycles. The standard InChI is InChI=1S/C13H29B2N2O4P3.2C12H27B2N2O4P3.C2H6.3W/c1-16-4-10(20-12(6-16)14-22)9-19-24(3)17-5-11(8-18-2)21-13(7-17)15-23;1-15-3-10(20-11(5-15)13-21)8-18-23(2)16-4-9(7-17)19-12(6-16)14-22;1-17-7-10-5-16(6-12(14-22)20-10)23(2)18-8-9-3-15-4-11(13-21)19-9;1-2;;;/h10-13H,4-9,22-23H2,1-3H3;9-12,17H,3-8,21-22H2,1-2H3;9-12,15H,3-8,21-22H2,1-2H3;1-2H3;;;. The Morgan fingerprint density at radius 3 is 1.08 bits per heavy atom. The van der Waals surface area contributed by atoms with Gasteiger partial charge in [0.15, 0.2) is 0 Å². The van der Waals surface area contributed by atoms with Crippen LogP contribution in [0.15, 0.2) is 0 Å². The molecule has 36 heteroatoms. The molecule has 0 aromatic carbocycles. The van der Waals surface area contributed by atoms with E-state index in [-0.39, 0.29) is 79.3 Å². The van der Waals surface area contributed by atoms with Crippen molar-refractivity contribution in [3.8, 4) is 0 Å². The summed E-state index contributed by atoms with van der Waals surface area (Å²) in [6, 6.07) is 0.698. The third-order valence-corrected chi connectivity index (χ3v) is 32.0. The SMILES string of the molecule is CC.CN1CC([B]P)OC(CO[P](C)(=[W])N2CC([B]P)OC(CO)C2)C1.COCC1CN([P](C)(=[W])OCC2CN(C)CC([B]P)O2)CC([B]P)O1.COCC1CN([P](C)(=[W])OCC2CNCC([B]P)O2)CC([B]P)O1. The van der Waals surface area contributed by atoms with Crippen molar-refractivity contribution < 1.29 is 113 Å². The molecule has 0 saturated carbocycles. The van der Waals surface area contributed by atoms with Gasteiger partial charge < -0.3 is 0 Å². The Balaban J connectivity index is 0.000000291. The summed E-state index contributed by atoms with van der Waals surface area (Å²) in [4.78, 5) is 4.60. The van der Waals surface area contributed by atoms with E-state index < -0.39 is 15.8 Å². The maximum atomic E-state index is 9.48. The Kier molecular flexibility index (Phi) is 40.1. The molecule has 6 rings (SSSR count). The van der Waals surface area contributed by atoms with E-state index in [2.05, 4.69) is 118 Å². The molecule has 0 spiro atoms. The molecule has 6 aliphatic heterocycles. The molecule has 21 atom stereocenters. The van der Waals surface area contributed by atoms with Gasteiger partial charge in [-0.2, -0.15) is 0 Å². The van der Waals surface area contributed by atoms with Gasteiger partial charge >= 0.3 is 494 Å². The van der Waals surface area contributed by atoms with Crippen molar-refractivity contribution in [2.45, 2.75) is 86.5 Å².